The Bertz CT molecular complexity index is 741. The molecule has 1 saturated heterocycles. The van der Waals surface area contributed by atoms with Crippen LogP contribution in [0.2, 0.25) is 5.02 Å². The van der Waals surface area contributed by atoms with E-state index < -0.39 is 0 Å². The lowest BCUT2D eigenvalue weighted by Gasteiger charge is -2.34. The largest absolute Gasteiger partial charge is 0.341 e. The van der Waals surface area contributed by atoms with Crippen molar-refractivity contribution in [2.75, 3.05) is 18.0 Å². The van der Waals surface area contributed by atoms with Crippen LogP contribution >= 0.6 is 22.9 Å². The van der Waals surface area contributed by atoms with Crippen LogP contribution in [-0.4, -0.2) is 39.9 Å². The summed E-state index contributed by atoms with van der Waals surface area (Å²) in [4.78, 5) is 25.1. The summed E-state index contributed by atoms with van der Waals surface area (Å²) in [6, 6.07) is 2.48. The van der Waals surface area contributed by atoms with Crippen LogP contribution < -0.4 is 4.90 Å². The van der Waals surface area contributed by atoms with Crippen molar-refractivity contribution in [2.24, 2.45) is 5.41 Å². The topological polar surface area (TPSA) is 49.3 Å². The van der Waals surface area contributed by atoms with Gasteiger partial charge in [-0.1, -0.05) is 11.6 Å². The van der Waals surface area contributed by atoms with E-state index in [1.807, 2.05) is 0 Å². The zero-order chi connectivity index (χ0) is 17.4. The molecule has 1 saturated carbocycles. The molecule has 2 aliphatic rings. The summed E-state index contributed by atoms with van der Waals surface area (Å²) in [5.74, 6) is 0.926. The molecule has 1 unspecified atom stereocenters. The molecule has 1 spiro atoms. The highest BCUT2D eigenvalue weighted by Gasteiger charge is 2.58. The molecule has 2 aromatic heterocycles. The average molecular weight is 377 g/mol. The fraction of sp³-hybridized carbons (Fsp3) is 0.500. The SMILES string of the molecule is CC(=O)N(Cc1ccsc1)C1CC12CCN(c1ncc(Cl)cn1)CC2. The maximum Gasteiger partial charge on any atom is 0.225 e. The van der Waals surface area contributed by atoms with E-state index in [-0.39, 0.29) is 11.3 Å². The second-order valence-electron chi connectivity index (χ2n) is 7.05. The van der Waals surface area contributed by atoms with Gasteiger partial charge in [-0.15, -0.1) is 0 Å². The Balaban J connectivity index is 1.40. The summed E-state index contributed by atoms with van der Waals surface area (Å²) in [5, 5.41) is 4.76. The van der Waals surface area contributed by atoms with E-state index in [9.17, 15) is 4.79 Å². The molecule has 132 valence electrons. The number of amides is 1. The molecule has 3 heterocycles. The number of hydrogen-bond acceptors (Lipinski definition) is 5. The first-order valence-electron chi connectivity index (χ1n) is 8.58. The van der Waals surface area contributed by atoms with E-state index in [1.54, 1.807) is 30.7 Å². The standard InChI is InChI=1S/C18H21ClN4OS/c1-13(24)23(11-14-2-7-25-12-14)16-8-18(16)3-5-22(6-4-18)17-20-9-15(19)10-21-17/h2,7,9-10,12,16H,3-6,8,11H2,1H3. The minimum atomic E-state index is 0.177. The molecule has 1 amide bonds. The third-order valence-electron chi connectivity index (χ3n) is 5.51. The van der Waals surface area contributed by atoms with Gasteiger partial charge in [0.1, 0.15) is 0 Å². The molecule has 2 aromatic rings. The number of rotatable bonds is 4. The van der Waals surface area contributed by atoms with Crippen molar-refractivity contribution in [2.45, 2.75) is 38.8 Å². The van der Waals surface area contributed by atoms with Gasteiger partial charge in [0.05, 0.1) is 17.4 Å². The van der Waals surface area contributed by atoms with Gasteiger partial charge < -0.3 is 9.80 Å². The molecular weight excluding hydrogens is 356 g/mol. The highest BCUT2D eigenvalue weighted by Crippen LogP contribution is 2.57. The van der Waals surface area contributed by atoms with Crippen LogP contribution in [0.15, 0.2) is 29.2 Å². The average Bonchev–Trinajstić information content (AvgIpc) is 3.04. The number of halogens is 1. The quantitative estimate of drug-likeness (QED) is 0.818. The molecule has 1 aliphatic heterocycles. The van der Waals surface area contributed by atoms with Crippen molar-refractivity contribution in [1.82, 2.24) is 14.9 Å². The molecule has 0 N–H and O–H groups in total. The van der Waals surface area contributed by atoms with Gasteiger partial charge in [-0.25, -0.2) is 9.97 Å². The number of carbonyl (C=O) groups excluding carboxylic acids is 1. The van der Waals surface area contributed by atoms with Crippen molar-refractivity contribution in [3.63, 3.8) is 0 Å². The highest BCUT2D eigenvalue weighted by atomic mass is 35.5. The van der Waals surface area contributed by atoms with Gasteiger partial charge in [0.15, 0.2) is 0 Å². The van der Waals surface area contributed by atoms with Crippen LogP contribution in [0.5, 0.6) is 0 Å². The number of nitrogens with zero attached hydrogens (tertiary/aromatic N) is 4. The molecule has 5 nitrogen and oxygen atoms in total. The van der Waals surface area contributed by atoms with Crippen molar-refractivity contribution in [1.29, 1.82) is 0 Å². The summed E-state index contributed by atoms with van der Waals surface area (Å²) >= 11 is 7.55. The first-order chi connectivity index (χ1) is 12.1. The zero-order valence-electron chi connectivity index (χ0n) is 14.2. The van der Waals surface area contributed by atoms with Crippen LogP contribution in [0.25, 0.3) is 0 Å². The van der Waals surface area contributed by atoms with Gasteiger partial charge in [-0.2, -0.15) is 11.3 Å². The maximum atomic E-state index is 12.2. The van der Waals surface area contributed by atoms with E-state index in [2.05, 4.69) is 36.6 Å². The smallest absolute Gasteiger partial charge is 0.225 e. The van der Waals surface area contributed by atoms with E-state index in [4.69, 9.17) is 11.6 Å². The molecule has 0 bridgehead atoms. The van der Waals surface area contributed by atoms with E-state index in [0.29, 0.717) is 11.1 Å². The summed E-state index contributed by atoms with van der Waals surface area (Å²) in [6.45, 7) is 4.29. The van der Waals surface area contributed by atoms with Crippen LogP contribution in [-0.2, 0) is 11.3 Å². The molecule has 0 aromatic carbocycles. The van der Waals surface area contributed by atoms with Crippen molar-refractivity contribution in [3.05, 3.63) is 39.8 Å². The van der Waals surface area contributed by atoms with Gasteiger partial charge in [0.25, 0.3) is 0 Å². The lowest BCUT2D eigenvalue weighted by Crippen LogP contribution is -2.40. The zero-order valence-corrected chi connectivity index (χ0v) is 15.8. The second kappa shape index (κ2) is 6.57. The second-order valence-corrected chi connectivity index (χ2v) is 8.27. The first-order valence-corrected chi connectivity index (χ1v) is 9.90. The van der Waals surface area contributed by atoms with Gasteiger partial charge >= 0.3 is 0 Å². The lowest BCUT2D eigenvalue weighted by molar-refractivity contribution is -0.130. The van der Waals surface area contributed by atoms with Crippen molar-refractivity contribution < 1.29 is 4.79 Å². The van der Waals surface area contributed by atoms with E-state index >= 15 is 0 Å². The van der Waals surface area contributed by atoms with Gasteiger partial charge in [-0.3, -0.25) is 4.79 Å². The van der Waals surface area contributed by atoms with Crippen LogP contribution in [0.4, 0.5) is 5.95 Å². The Kier molecular flexibility index (Phi) is 4.41. The molecule has 1 atom stereocenters. The Morgan fingerprint density at radius 3 is 2.72 bits per heavy atom. The molecule has 25 heavy (non-hydrogen) atoms. The molecule has 2 fully saturated rings. The summed E-state index contributed by atoms with van der Waals surface area (Å²) < 4.78 is 0. The number of aromatic nitrogens is 2. The van der Waals surface area contributed by atoms with E-state index in [1.165, 1.54) is 5.56 Å². The molecule has 1 aliphatic carbocycles. The Hall–Kier alpha value is -1.66. The summed E-state index contributed by atoms with van der Waals surface area (Å²) in [7, 11) is 0. The normalized spacial score (nSPS) is 21.4. The molecule has 7 heteroatoms. The predicted octanol–water partition coefficient (Wildman–Crippen LogP) is 3.60. The van der Waals surface area contributed by atoms with Crippen LogP contribution in [0.3, 0.4) is 0 Å². The number of hydrogen-bond donors (Lipinski definition) is 0. The van der Waals surface area contributed by atoms with E-state index in [0.717, 1.165) is 44.8 Å². The fourth-order valence-corrected chi connectivity index (χ4v) is 4.70. The number of anilines is 1. The fourth-order valence-electron chi connectivity index (χ4n) is 3.95. The third kappa shape index (κ3) is 3.37. The highest BCUT2D eigenvalue weighted by molar-refractivity contribution is 7.07. The van der Waals surface area contributed by atoms with Gasteiger partial charge in [-0.05, 0) is 47.1 Å². The van der Waals surface area contributed by atoms with Crippen molar-refractivity contribution in [3.8, 4) is 0 Å². The summed E-state index contributed by atoms with van der Waals surface area (Å²) in [6.07, 6.45) is 6.57. The Labute approximate surface area is 156 Å². The third-order valence-corrected chi connectivity index (χ3v) is 6.44. The molecule has 0 radical (unpaired) electrons. The summed E-state index contributed by atoms with van der Waals surface area (Å²) in [5.41, 5.74) is 1.51. The lowest BCUT2D eigenvalue weighted by atomic mass is 9.92. The molecule has 4 rings (SSSR count). The maximum absolute atomic E-state index is 12.2. The minimum Gasteiger partial charge on any atom is -0.341 e. The number of thiophene rings is 1. The first kappa shape index (κ1) is 16.8. The van der Waals surface area contributed by atoms with Crippen LogP contribution in [0.1, 0.15) is 31.7 Å². The number of piperidine rings is 1. The van der Waals surface area contributed by atoms with Crippen LogP contribution in [0, 0.1) is 5.41 Å². The van der Waals surface area contributed by atoms with Gasteiger partial charge in [0.2, 0.25) is 11.9 Å². The Morgan fingerprint density at radius 2 is 2.12 bits per heavy atom. The molecular formula is C18H21ClN4OS. The predicted molar refractivity (Wildman–Crippen MR) is 99.9 cm³/mol. The van der Waals surface area contributed by atoms with Crippen molar-refractivity contribution >= 4 is 34.8 Å². The number of carbonyl (C=O) groups is 1. The Morgan fingerprint density at radius 1 is 1.40 bits per heavy atom. The van der Waals surface area contributed by atoms with Gasteiger partial charge in [0, 0.05) is 32.6 Å². The monoisotopic (exact) mass is 376 g/mol. The minimum absolute atomic E-state index is 0.177.